The molecule has 2 aromatic carbocycles. The fourth-order valence-corrected chi connectivity index (χ4v) is 2.09. The predicted molar refractivity (Wildman–Crippen MR) is 84.8 cm³/mol. The molecule has 6 heteroatoms. The number of nitrogens with zero attached hydrogens (tertiary/aromatic N) is 1. The van der Waals surface area contributed by atoms with Crippen LogP contribution in [0.1, 0.15) is 21.5 Å². The van der Waals surface area contributed by atoms with E-state index in [0.717, 1.165) is 5.56 Å². The Morgan fingerprint density at radius 3 is 2.43 bits per heavy atom. The second kappa shape index (κ2) is 6.39. The minimum atomic E-state index is -0.614. The number of carbonyl (C=O) groups excluding carboxylic acids is 1. The van der Waals surface area contributed by atoms with Gasteiger partial charge >= 0.3 is 5.97 Å². The summed E-state index contributed by atoms with van der Waals surface area (Å²) in [5.41, 5.74) is 7.92. The van der Waals surface area contributed by atoms with Crippen LogP contribution < -0.4 is 15.2 Å². The fraction of sp³-hybridized carbons (Fsp3) is 0.176. The van der Waals surface area contributed by atoms with Gasteiger partial charge in [-0.3, -0.25) is 0 Å². The van der Waals surface area contributed by atoms with E-state index in [1.54, 1.807) is 18.2 Å². The van der Waals surface area contributed by atoms with Gasteiger partial charge in [-0.1, -0.05) is 35.0 Å². The van der Waals surface area contributed by atoms with Gasteiger partial charge < -0.3 is 20.0 Å². The monoisotopic (exact) mass is 312 g/mol. The zero-order valence-corrected chi connectivity index (χ0v) is 12.6. The van der Waals surface area contributed by atoms with Crippen LogP contribution in [-0.4, -0.2) is 25.0 Å². The van der Waals surface area contributed by atoms with E-state index in [9.17, 15) is 4.79 Å². The maximum absolute atomic E-state index is 12.0. The van der Waals surface area contributed by atoms with E-state index < -0.39 is 5.97 Å². The summed E-state index contributed by atoms with van der Waals surface area (Å²) >= 11 is 0. The van der Waals surface area contributed by atoms with E-state index in [-0.39, 0.29) is 5.84 Å². The number of fused-ring (bicyclic) bond motifs is 1. The highest BCUT2D eigenvalue weighted by Crippen LogP contribution is 2.30. The smallest absolute Gasteiger partial charge is 0.365 e. The Morgan fingerprint density at radius 2 is 1.70 bits per heavy atom. The molecular weight excluding hydrogens is 296 g/mol. The van der Waals surface area contributed by atoms with E-state index in [2.05, 4.69) is 5.16 Å². The lowest BCUT2D eigenvalue weighted by Gasteiger charge is -2.18. The topological polar surface area (TPSA) is 83.1 Å². The zero-order valence-electron chi connectivity index (χ0n) is 12.6. The number of aryl methyl sites for hydroxylation is 1. The first-order chi connectivity index (χ1) is 11.1. The molecule has 0 aliphatic carbocycles. The number of benzene rings is 2. The van der Waals surface area contributed by atoms with Crippen molar-refractivity contribution in [2.24, 2.45) is 10.9 Å². The summed E-state index contributed by atoms with van der Waals surface area (Å²) in [4.78, 5) is 16.9. The van der Waals surface area contributed by atoms with E-state index >= 15 is 0 Å². The van der Waals surface area contributed by atoms with Crippen LogP contribution in [0.2, 0.25) is 0 Å². The Kier molecular flexibility index (Phi) is 4.14. The molecule has 0 saturated carbocycles. The average molecular weight is 312 g/mol. The third-order valence-electron chi connectivity index (χ3n) is 3.35. The number of hydrogen-bond donors (Lipinski definition) is 1. The number of nitrogens with two attached hydrogens (primary N) is 1. The Hall–Kier alpha value is -3.02. The Labute approximate surface area is 133 Å². The molecule has 0 fully saturated rings. The largest absolute Gasteiger partial charge is 0.486 e. The maximum atomic E-state index is 12.0. The first-order valence-corrected chi connectivity index (χ1v) is 7.15. The lowest BCUT2D eigenvalue weighted by Crippen LogP contribution is -2.17. The summed E-state index contributed by atoms with van der Waals surface area (Å²) in [6.45, 7) is 2.91. The molecule has 6 nitrogen and oxygen atoms in total. The minimum Gasteiger partial charge on any atom is -0.486 e. The number of carbonyl (C=O) groups is 1. The van der Waals surface area contributed by atoms with Crippen LogP contribution in [0.25, 0.3) is 0 Å². The minimum absolute atomic E-state index is 0.135. The van der Waals surface area contributed by atoms with Gasteiger partial charge in [-0.05, 0) is 25.1 Å². The van der Waals surface area contributed by atoms with Crippen molar-refractivity contribution >= 4 is 11.8 Å². The van der Waals surface area contributed by atoms with Crippen molar-refractivity contribution in [3.8, 4) is 11.5 Å². The van der Waals surface area contributed by atoms with E-state index in [1.807, 2.05) is 31.2 Å². The molecule has 0 unspecified atom stereocenters. The quantitative estimate of drug-likeness (QED) is 0.407. The molecule has 118 valence electrons. The summed E-state index contributed by atoms with van der Waals surface area (Å²) in [5.74, 6) is 0.643. The van der Waals surface area contributed by atoms with Gasteiger partial charge in [-0.2, -0.15) is 0 Å². The molecule has 0 bridgehead atoms. The zero-order chi connectivity index (χ0) is 16.2. The highest BCUT2D eigenvalue weighted by Gasteiger charge is 2.16. The third kappa shape index (κ3) is 3.42. The average Bonchev–Trinajstić information content (AvgIpc) is 2.59. The molecule has 23 heavy (non-hydrogen) atoms. The first kappa shape index (κ1) is 14.9. The van der Waals surface area contributed by atoms with Crippen LogP contribution in [0, 0.1) is 6.92 Å². The van der Waals surface area contributed by atoms with E-state index in [0.29, 0.717) is 35.8 Å². The molecule has 0 aromatic heterocycles. The van der Waals surface area contributed by atoms with Gasteiger partial charge in [0.25, 0.3) is 0 Å². The summed E-state index contributed by atoms with van der Waals surface area (Å²) in [7, 11) is 0. The van der Waals surface area contributed by atoms with Crippen LogP contribution in [-0.2, 0) is 4.84 Å². The van der Waals surface area contributed by atoms with Gasteiger partial charge in [0.05, 0.1) is 5.56 Å². The van der Waals surface area contributed by atoms with Crippen molar-refractivity contribution in [3.05, 3.63) is 59.2 Å². The number of amidine groups is 1. The maximum Gasteiger partial charge on any atom is 0.365 e. The summed E-state index contributed by atoms with van der Waals surface area (Å²) in [5, 5.41) is 3.69. The molecule has 2 N–H and O–H groups in total. The number of hydrogen-bond acceptors (Lipinski definition) is 5. The number of oxime groups is 1. The molecule has 2 aromatic rings. The van der Waals surface area contributed by atoms with Crippen LogP contribution in [0.5, 0.6) is 11.5 Å². The Bertz CT molecular complexity index is 754. The Morgan fingerprint density at radius 1 is 1.04 bits per heavy atom. The molecule has 1 aliphatic heterocycles. The Balaban J connectivity index is 1.71. The second-order valence-electron chi connectivity index (χ2n) is 5.08. The van der Waals surface area contributed by atoms with E-state index in [4.69, 9.17) is 20.0 Å². The van der Waals surface area contributed by atoms with Crippen molar-refractivity contribution in [1.29, 1.82) is 0 Å². The predicted octanol–water partition coefficient (Wildman–Crippen LogP) is 2.24. The van der Waals surface area contributed by atoms with Gasteiger partial charge in [0, 0.05) is 5.56 Å². The standard InChI is InChI=1S/C17H16N2O4/c1-11-2-4-12(5-3-11)16(18)19-23-17(20)13-6-7-14-15(10-13)22-9-8-21-14/h2-7,10H,8-9H2,1H3,(H2,18,19). The van der Waals surface area contributed by atoms with Crippen molar-refractivity contribution < 1.29 is 19.1 Å². The first-order valence-electron chi connectivity index (χ1n) is 7.15. The summed E-state index contributed by atoms with van der Waals surface area (Å²) in [6.07, 6.45) is 0. The number of rotatable bonds is 3. The highest BCUT2D eigenvalue weighted by atomic mass is 16.7. The van der Waals surface area contributed by atoms with Crippen LogP contribution in [0.3, 0.4) is 0 Å². The van der Waals surface area contributed by atoms with Crippen molar-refractivity contribution in [3.63, 3.8) is 0 Å². The molecule has 0 atom stereocenters. The lowest BCUT2D eigenvalue weighted by atomic mass is 10.1. The van der Waals surface area contributed by atoms with Crippen LogP contribution >= 0.6 is 0 Å². The number of ether oxygens (including phenoxy) is 2. The van der Waals surface area contributed by atoms with Crippen LogP contribution in [0.15, 0.2) is 47.6 Å². The van der Waals surface area contributed by atoms with E-state index in [1.165, 1.54) is 0 Å². The summed E-state index contributed by atoms with van der Waals surface area (Å²) < 4.78 is 10.8. The van der Waals surface area contributed by atoms with Crippen molar-refractivity contribution in [2.45, 2.75) is 6.92 Å². The summed E-state index contributed by atoms with van der Waals surface area (Å²) in [6, 6.07) is 12.2. The third-order valence-corrected chi connectivity index (χ3v) is 3.35. The van der Waals surface area contributed by atoms with Gasteiger partial charge in [0.2, 0.25) is 0 Å². The highest BCUT2D eigenvalue weighted by molar-refractivity contribution is 5.98. The molecule has 0 saturated heterocycles. The fourth-order valence-electron chi connectivity index (χ4n) is 2.09. The molecule has 0 amide bonds. The molecular formula is C17H16N2O4. The van der Waals surface area contributed by atoms with Crippen molar-refractivity contribution in [2.75, 3.05) is 13.2 Å². The van der Waals surface area contributed by atoms with Gasteiger partial charge in [0.1, 0.15) is 13.2 Å². The lowest BCUT2D eigenvalue weighted by molar-refractivity contribution is 0.0515. The normalized spacial score (nSPS) is 13.5. The van der Waals surface area contributed by atoms with Gasteiger partial charge in [0.15, 0.2) is 17.3 Å². The molecule has 3 rings (SSSR count). The second-order valence-corrected chi connectivity index (χ2v) is 5.08. The van der Waals surface area contributed by atoms with Gasteiger partial charge in [-0.25, -0.2) is 4.79 Å². The van der Waals surface area contributed by atoms with Gasteiger partial charge in [-0.15, -0.1) is 0 Å². The molecule has 1 aliphatic rings. The molecule has 0 spiro atoms. The van der Waals surface area contributed by atoms with Crippen LogP contribution in [0.4, 0.5) is 0 Å². The van der Waals surface area contributed by atoms with Crippen molar-refractivity contribution in [1.82, 2.24) is 0 Å². The molecule has 0 radical (unpaired) electrons. The molecule has 1 heterocycles. The SMILES string of the molecule is Cc1ccc(/C(N)=N/OC(=O)c2ccc3c(c2)OCCO3)cc1.